The molecule has 0 aliphatic heterocycles. The molecule has 14 heavy (non-hydrogen) atoms. The van der Waals surface area contributed by atoms with Crippen LogP contribution in [0.2, 0.25) is 0 Å². The predicted octanol–water partition coefficient (Wildman–Crippen LogP) is 2.01. The fraction of sp³-hybridized carbons (Fsp3) is 0.300. The Morgan fingerprint density at radius 3 is 2.57 bits per heavy atom. The second-order valence-corrected chi connectivity index (χ2v) is 3.70. The number of hydrogen-bond donors (Lipinski definition) is 1. The summed E-state index contributed by atoms with van der Waals surface area (Å²) in [5.74, 6) is -0.394. The van der Waals surface area contributed by atoms with Gasteiger partial charge in [-0.15, -0.1) is 0 Å². The Labute approximate surface area is 91.4 Å². The molecule has 3 nitrogen and oxygen atoms in total. The average Bonchev–Trinajstić information content (AvgIpc) is 2.18. The van der Waals surface area contributed by atoms with Crippen LogP contribution in [0.5, 0.6) is 0 Å². The van der Waals surface area contributed by atoms with Crippen LogP contribution in [0.15, 0.2) is 28.7 Å². The van der Waals surface area contributed by atoms with Crippen molar-refractivity contribution in [3.8, 4) is 0 Å². The number of halogens is 1. The van der Waals surface area contributed by atoms with Crippen LogP contribution >= 0.6 is 15.9 Å². The molecule has 0 fully saturated rings. The number of benzene rings is 1. The molecule has 0 saturated heterocycles. The average molecular weight is 258 g/mol. The zero-order valence-corrected chi connectivity index (χ0v) is 9.45. The number of esters is 1. The lowest BCUT2D eigenvalue weighted by atomic mass is 10.1. The van der Waals surface area contributed by atoms with Gasteiger partial charge in [-0.3, -0.25) is 0 Å². The Kier molecular flexibility index (Phi) is 4.10. The molecule has 0 spiro atoms. The highest BCUT2D eigenvalue weighted by Crippen LogP contribution is 2.16. The number of nitrogens with two attached hydrogens (primary N) is 1. The molecule has 1 aromatic rings. The molecule has 2 N–H and O–H groups in total. The number of ether oxygens (including phenoxy) is 1. The number of hydrogen-bond acceptors (Lipinski definition) is 3. The van der Waals surface area contributed by atoms with Crippen molar-refractivity contribution in [2.24, 2.45) is 5.73 Å². The molecule has 0 aliphatic carbocycles. The Morgan fingerprint density at radius 1 is 1.50 bits per heavy atom. The van der Waals surface area contributed by atoms with Crippen LogP contribution in [0.4, 0.5) is 0 Å². The summed E-state index contributed by atoms with van der Waals surface area (Å²) >= 11 is 3.31. The van der Waals surface area contributed by atoms with Crippen molar-refractivity contribution >= 4 is 21.9 Å². The minimum Gasteiger partial charge on any atom is -0.465 e. The van der Waals surface area contributed by atoms with E-state index in [4.69, 9.17) is 10.5 Å². The monoisotopic (exact) mass is 257 g/mol. The van der Waals surface area contributed by atoms with Crippen molar-refractivity contribution in [2.45, 2.75) is 13.0 Å². The Morgan fingerprint density at radius 2 is 2.07 bits per heavy atom. The van der Waals surface area contributed by atoms with E-state index in [2.05, 4.69) is 15.9 Å². The van der Waals surface area contributed by atoms with E-state index < -0.39 is 12.0 Å². The lowest BCUT2D eigenvalue weighted by molar-refractivity contribution is -0.144. The molecular formula is C10H12BrNO2. The minimum absolute atomic E-state index is 0.350. The zero-order chi connectivity index (χ0) is 10.6. The Bertz CT molecular complexity index is 310. The van der Waals surface area contributed by atoms with Gasteiger partial charge in [-0.05, 0) is 24.6 Å². The number of carbonyl (C=O) groups is 1. The van der Waals surface area contributed by atoms with Gasteiger partial charge in [0.25, 0.3) is 0 Å². The fourth-order valence-corrected chi connectivity index (χ4v) is 1.30. The van der Waals surface area contributed by atoms with Crippen LogP contribution in [0, 0.1) is 0 Å². The lowest BCUT2D eigenvalue weighted by Crippen LogP contribution is -2.23. The van der Waals surface area contributed by atoms with Gasteiger partial charge in [0.2, 0.25) is 0 Å². The quantitative estimate of drug-likeness (QED) is 0.844. The highest BCUT2D eigenvalue weighted by molar-refractivity contribution is 9.10. The van der Waals surface area contributed by atoms with Crippen LogP contribution in [0.1, 0.15) is 18.5 Å². The van der Waals surface area contributed by atoms with E-state index in [1.165, 1.54) is 0 Å². The highest BCUT2D eigenvalue weighted by Gasteiger charge is 2.16. The molecule has 0 aromatic heterocycles. The molecule has 0 amide bonds. The van der Waals surface area contributed by atoms with E-state index >= 15 is 0 Å². The van der Waals surface area contributed by atoms with Gasteiger partial charge in [0, 0.05) is 4.47 Å². The van der Waals surface area contributed by atoms with Crippen LogP contribution in [0.3, 0.4) is 0 Å². The SMILES string of the molecule is CCOC(=O)[C@H](N)c1ccc(Br)cc1. The molecular weight excluding hydrogens is 246 g/mol. The molecule has 4 heteroatoms. The maximum absolute atomic E-state index is 11.3. The van der Waals surface area contributed by atoms with Crippen LogP contribution in [-0.4, -0.2) is 12.6 Å². The van der Waals surface area contributed by atoms with Gasteiger partial charge in [0.05, 0.1) is 6.61 Å². The molecule has 0 radical (unpaired) electrons. The highest BCUT2D eigenvalue weighted by atomic mass is 79.9. The van der Waals surface area contributed by atoms with E-state index in [9.17, 15) is 4.79 Å². The Balaban J connectivity index is 2.73. The standard InChI is InChI=1S/C10H12BrNO2/c1-2-14-10(13)9(12)7-3-5-8(11)6-4-7/h3-6,9H,2,12H2,1H3/t9-/m1/s1. The van der Waals surface area contributed by atoms with E-state index in [1.54, 1.807) is 19.1 Å². The van der Waals surface area contributed by atoms with Crippen molar-refractivity contribution in [3.63, 3.8) is 0 Å². The van der Waals surface area contributed by atoms with Crippen molar-refractivity contribution in [3.05, 3.63) is 34.3 Å². The first kappa shape index (κ1) is 11.2. The summed E-state index contributed by atoms with van der Waals surface area (Å²) in [6.07, 6.45) is 0. The van der Waals surface area contributed by atoms with Gasteiger partial charge in [-0.25, -0.2) is 4.79 Å². The number of rotatable bonds is 3. The van der Waals surface area contributed by atoms with Gasteiger partial charge in [-0.1, -0.05) is 28.1 Å². The summed E-state index contributed by atoms with van der Waals surface area (Å²) in [5, 5.41) is 0. The molecule has 0 heterocycles. The summed E-state index contributed by atoms with van der Waals surface area (Å²) in [4.78, 5) is 11.3. The first-order valence-corrected chi connectivity index (χ1v) is 5.12. The molecule has 0 bridgehead atoms. The van der Waals surface area contributed by atoms with Gasteiger partial charge in [0.1, 0.15) is 6.04 Å². The second-order valence-electron chi connectivity index (χ2n) is 2.78. The summed E-state index contributed by atoms with van der Waals surface area (Å²) in [5.41, 5.74) is 6.44. The van der Waals surface area contributed by atoms with E-state index in [-0.39, 0.29) is 0 Å². The van der Waals surface area contributed by atoms with Crippen LogP contribution in [0.25, 0.3) is 0 Å². The molecule has 0 unspecified atom stereocenters. The summed E-state index contributed by atoms with van der Waals surface area (Å²) < 4.78 is 5.77. The third-order valence-corrected chi connectivity index (χ3v) is 2.30. The molecule has 1 atom stereocenters. The van der Waals surface area contributed by atoms with E-state index in [1.807, 2.05) is 12.1 Å². The van der Waals surface area contributed by atoms with E-state index in [0.717, 1.165) is 10.0 Å². The molecule has 1 rings (SSSR count). The van der Waals surface area contributed by atoms with Gasteiger partial charge in [0.15, 0.2) is 0 Å². The van der Waals surface area contributed by atoms with Gasteiger partial charge >= 0.3 is 5.97 Å². The smallest absolute Gasteiger partial charge is 0.327 e. The third kappa shape index (κ3) is 2.82. The summed E-state index contributed by atoms with van der Waals surface area (Å²) in [6, 6.07) is 6.59. The first-order chi connectivity index (χ1) is 6.65. The predicted molar refractivity (Wildman–Crippen MR) is 57.7 cm³/mol. The molecule has 1 aromatic carbocycles. The zero-order valence-electron chi connectivity index (χ0n) is 7.87. The summed E-state index contributed by atoms with van der Waals surface area (Å²) in [7, 11) is 0. The van der Waals surface area contributed by atoms with Crippen molar-refractivity contribution in [1.29, 1.82) is 0 Å². The van der Waals surface area contributed by atoms with Crippen molar-refractivity contribution in [1.82, 2.24) is 0 Å². The maximum atomic E-state index is 11.3. The van der Waals surface area contributed by atoms with Crippen LogP contribution in [-0.2, 0) is 9.53 Å². The van der Waals surface area contributed by atoms with Gasteiger partial charge < -0.3 is 10.5 Å². The second kappa shape index (κ2) is 5.12. The largest absolute Gasteiger partial charge is 0.465 e. The normalized spacial score (nSPS) is 12.2. The molecule has 76 valence electrons. The van der Waals surface area contributed by atoms with Crippen LogP contribution < -0.4 is 5.73 Å². The van der Waals surface area contributed by atoms with Crippen molar-refractivity contribution < 1.29 is 9.53 Å². The van der Waals surface area contributed by atoms with E-state index in [0.29, 0.717) is 6.61 Å². The molecule has 0 aliphatic rings. The van der Waals surface area contributed by atoms with Crippen molar-refractivity contribution in [2.75, 3.05) is 6.61 Å². The number of carbonyl (C=O) groups excluding carboxylic acids is 1. The minimum atomic E-state index is -0.692. The Hall–Kier alpha value is -0.870. The molecule has 0 saturated carbocycles. The maximum Gasteiger partial charge on any atom is 0.327 e. The third-order valence-electron chi connectivity index (χ3n) is 1.77. The summed E-state index contributed by atoms with van der Waals surface area (Å²) in [6.45, 7) is 2.11. The lowest BCUT2D eigenvalue weighted by Gasteiger charge is -2.10. The first-order valence-electron chi connectivity index (χ1n) is 4.33. The fourth-order valence-electron chi connectivity index (χ4n) is 1.04. The topological polar surface area (TPSA) is 52.3 Å². The van der Waals surface area contributed by atoms with Gasteiger partial charge in [-0.2, -0.15) is 0 Å².